The Hall–Kier alpha value is -4.08. The average molecular weight is 485 g/mol. The van der Waals surface area contributed by atoms with Crippen LogP contribution in [0.25, 0.3) is 11.3 Å². The third-order valence-electron chi connectivity index (χ3n) is 5.14. The number of carbonyl (C=O) groups excluding carboxylic acids is 3. The van der Waals surface area contributed by atoms with Gasteiger partial charge in [-0.2, -0.15) is 0 Å². The van der Waals surface area contributed by atoms with Gasteiger partial charge >= 0.3 is 5.97 Å². The van der Waals surface area contributed by atoms with Crippen LogP contribution in [0, 0.1) is 25.5 Å². The van der Waals surface area contributed by atoms with Crippen LogP contribution in [0.3, 0.4) is 0 Å². The lowest BCUT2D eigenvalue weighted by atomic mass is 10.1. The number of carbonyl (C=O) groups is 3. The van der Waals surface area contributed by atoms with E-state index in [0.717, 1.165) is 23.3 Å². The molecule has 1 unspecified atom stereocenters. The van der Waals surface area contributed by atoms with E-state index in [1.54, 1.807) is 0 Å². The number of esters is 1. The standard InChI is InChI=1S/C25H25F2N3O5/c1-14-5-4-6-15(2)24(14)30-21(31)13-29-25(33)16(3)34-23(32)10-9-22-28-12-20(35-22)18-8-7-17(26)11-19(18)27/h4-8,11-12,16H,9-10,13H2,1-3H3,(H,29,33)(H,30,31). The lowest BCUT2D eigenvalue weighted by Gasteiger charge is -2.14. The molecule has 0 saturated heterocycles. The number of anilines is 1. The van der Waals surface area contributed by atoms with Crippen LogP contribution in [-0.2, 0) is 25.5 Å². The van der Waals surface area contributed by atoms with Crippen molar-refractivity contribution in [2.75, 3.05) is 11.9 Å². The number of hydrogen-bond donors (Lipinski definition) is 2. The van der Waals surface area contributed by atoms with Crippen LogP contribution in [0.5, 0.6) is 0 Å². The predicted octanol–water partition coefficient (Wildman–Crippen LogP) is 3.86. The molecule has 1 heterocycles. The summed E-state index contributed by atoms with van der Waals surface area (Å²) < 4.78 is 37.4. The molecule has 0 spiro atoms. The van der Waals surface area contributed by atoms with Crippen LogP contribution in [0.4, 0.5) is 14.5 Å². The molecule has 0 aliphatic heterocycles. The van der Waals surface area contributed by atoms with Crippen molar-refractivity contribution >= 4 is 23.5 Å². The van der Waals surface area contributed by atoms with Crippen molar-refractivity contribution in [3.63, 3.8) is 0 Å². The quantitative estimate of drug-likeness (QED) is 0.446. The highest BCUT2D eigenvalue weighted by molar-refractivity contribution is 5.96. The van der Waals surface area contributed by atoms with Crippen molar-refractivity contribution in [2.45, 2.75) is 39.7 Å². The first kappa shape index (κ1) is 25.5. The first-order chi connectivity index (χ1) is 16.6. The second-order valence-corrected chi connectivity index (χ2v) is 7.91. The molecule has 2 amide bonds. The maximum Gasteiger partial charge on any atom is 0.307 e. The van der Waals surface area contributed by atoms with Crippen molar-refractivity contribution in [3.05, 3.63) is 71.2 Å². The van der Waals surface area contributed by atoms with Crippen LogP contribution in [0.2, 0.25) is 0 Å². The lowest BCUT2D eigenvalue weighted by molar-refractivity contribution is -0.154. The number of oxazole rings is 1. The summed E-state index contributed by atoms with van der Waals surface area (Å²) in [6.45, 7) is 4.83. The average Bonchev–Trinajstić information content (AvgIpc) is 3.27. The minimum Gasteiger partial charge on any atom is -0.453 e. The molecule has 3 aromatic rings. The highest BCUT2D eigenvalue weighted by Crippen LogP contribution is 2.24. The van der Waals surface area contributed by atoms with E-state index in [9.17, 15) is 23.2 Å². The van der Waals surface area contributed by atoms with Crippen molar-refractivity contribution < 1.29 is 32.3 Å². The Morgan fingerprint density at radius 3 is 2.51 bits per heavy atom. The van der Waals surface area contributed by atoms with E-state index >= 15 is 0 Å². The Morgan fingerprint density at radius 2 is 1.83 bits per heavy atom. The number of benzene rings is 2. The number of aryl methyl sites for hydroxylation is 3. The summed E-state index contributed by atoms with van der Waals surface area (Å²) >= 11 is 0. The monoisotopic (exact) mass is 485 g/mol. The molecule has 2 aromatic carbocycles. The third-order valence-corrected chi connectivity index (χ3v) is 5.14. The second-order valence-electron chi connectivity index (χ2n) is 7.91. The molecule has 10 heteroatoms. The minimum atomic E-state index is -1.12. The second kappa shape index (κ2) is 11.4. The lowest BCUT2D eigenvalue weighted by Crippen LogP contribution is -2.40. The Bertz CT molecular complexity index is 1220. The van der Waals surface area contributed by atoms with Crippen molar-refractivity contribution in [2.24, 2.45) is 0 Å². The molecule has 2 N–H and O–H groups in total. The number of para-hydroxylation sites is 1. The first-order valence-electron chi connectivity index (χ1n) is 10.9. The summed E-state index contributed by atoms with van der Waals surface area (Å²) in [4.78, 5) is 40.5. The van der Waals surface area contributed by atoms with Gasteiger partial charge in [-0.05, 0) is 44.0 Å². The topological polar surface area (TPSA) is 111 Å². The summed E-state index contributed by atoms with van der Waals surface area (Å²) in [6, 6.07) is 8.66. The zero-order valence-electron chi connectivity index (χ0n) is 19.5. The molecule has 0 aliphatic carbocycles. The van der Waals surface area contributed by atoms with E-state index in [0.29, 0.717) is 5.69 Å². The molecule has 0 saturated carbocycles. The molecular formula is C25H25F2N3O5. The summed E-state index contributed by atoms with van der Waals surface area (Å²) in [6.07, 6.45) is 0.0604. The zero-order chi connectivity index (χ0) is 25.5. The molecule has 184 valence electrons. The number of halogens is 2. The van der Waals surface area contributed by atoms with E-state index < -0.39 is 35.5 Å². The van der Waals surface area contributed by atoms with E-state index in [1.807, 2.05) is 32.0 Å². The largest absolute Gasteiger partial charge is 0.453 e. The Labute approximate surface area is 200 Å². The number of ether oxygens (including phenoxy) is 1. The smallest absolute Gasteiger partial charge is 0.307 e. The Kier molecular flexibility index (Phi) is 8.30. The van der Waals surface area contributed by atoms with Crippen LogP contribution < -0.4 is 10.6 Å². The molecule has 0 radical (unpaired) electrons. The minimum absolute atomic E-state index is 0.0413. The van der Waals surface area contributed by atoms with Gasteiger partial charge in [0.05, 0.1) is 24.7 Å². The van der Waals surface area contributed by atoms with E-state index in [2.05, 4.69) is 15.6 Å². The van der Waals surface area contributed by atoms with E-state index in [-0.39, 0.29) is 36.6 Å². The fraction of sp³-hybridized carbons (Fsp3) is 0.280. The molecule has 0 bridgehead atoms. The number of nitrogens with zero attached hydrogens (tertiary/aromatic N) is 1. The number of amides is 2. The van der Waals surface area contributed by atoms with E-state index in [1.165, 1.54) is 19.2 Å². The van der Waals surface area contributed by atoms with Crippen LogP contribution in [0.1, 0.15) is 30.4 Å². The number of aromatic nitrogens is 1. The molecule has 1 atom stereocenters. The van der Waals surface area contributed by atoms with Gasteiger partial charge in [0.2, 0.25) is 5.91 Å². The van der Waals surface area contributed by atoms with Gasteiger partial charge < -0.3 is 19.8 Å². The fourth-order valence-corrected chi connectivity index (χ4v) is 3.26. The van der Waals surface area contributed by atoms with Gasteiger partial charge in [-0.25, -0.2) is 13.8 Å². The van der Waals surface area contributed by atoms with Crippen LogP contribution in [0.15, 0.2) is 47.0 Å². The summed E-state index contributed by atoms with van der Waals surface area (Å²) in [5.41, 5.74) is 2.52. The highest BCUT2D eigenvalue weighted by Gasteiger charge is 2.20. The van der Waals surface area contributed by atoms with Crippen molar-refractivity contribution in [3.8, 4) is 11.3 Å². The molecular weight excluding hydrogens is 460 g/mol. The SMILES string of the molecule is Cc1cccc(C)c1NC(=O)CNC(=O)C(C)OC(=O)CCc1ncc(-c2ccc(F)cc2F)o1. The number of nitrogens with one attached hydrogen (secondary N) is 2. The highest BCUT2D eigenvalue weighted by atomic mass is 19.1. The Morgan fingerprint density at radius 1 is 1.11 bits per heavy atom. The summed E-state index contributed by atoms with van der Waals surface area (Å²) in [5.74, 6) is -2.98. The first-order valence-corrected chi connectivity index (χ1v) is 10.9. The summed E-state index contributed by atoms with van der Waals surface area (Å²) in [7, 11) is 0. The number of hydrogen-bond acceptors (Lipinski definition) is 6. The molecule has 8 nitrogen and oxygen atoms in total. The van der Waals surface area contributed by atoms with Crippen LogP contribution >= 0.6 is 0 Å². The van der Waals surface area contributed by atoms with Gasteiger partial charge in [-0.15, -0.1) is 0 Å². The molecule has 3 rings (SSSR count). The zero-order valence-corrected chi connectivity index (χ0v) is 19.5. The normalized spacial score (nSPS) is 11.6. The van der Waals surface area contributed by atoms with Crippen molar-refractivity contribution in [1.29, 1.82) is 0 Å². The fourth-order valence-electron chi connectivity index (χ4n) is 3.26. The van der Waals surface area contributed by atoms with Gasteiger partial charge in [0, 0.05) is 18.2 Å². The predicted molar refractivity (Wildman–Crippen MR) is 123 cm³/mol. The van der Waals surface area contributed by atoms with Gasteiger partial charge in [0.15, 0.2) is 17.8 Å². The van der Waals surface area contributed by atoms with E-state index in [4.69, 9.17) is 9.15 Å². The molecule has 1 aromatic heterocycles. The summed E-state index contributed by atoms with van der Waals surface area (Å²) in [5, 5.41) is 5.18. The number of rotatable bonds is 9. The van der Waals surface area contributed by atoms with Gasteiger partial charge in [0.1, 0.15) is 11.6 Å². The maximum atomic E-state index is 13.9. The molecule has 0 aliphatic rings. The maximum absolute atomic E-state index is 13.9. The van der Waals surface area contributed by atoms with Crippen LogP contribution in [-0.4, -0.2) is 35.4 Å². The van der Waals surface area contributed by atoms with Gasteiger partial charge in [-0.1, -0.05) is 18.2 Å². The van der Waals surface area contributed by atoms with Gasteiger partial charge in [0.25, 0.3) is 5.91 Å². The Balaban J connectivity index is 1.43. The molecule has 35 heavy (non-hydrogen) atoms. The van der Waals surface area contributed by atoms with Gasteiger partial charge in [-0.3, -0.25) is 14.4 Å². The van der Waals surface area contributed by atoms with Crippen molar-refractivity contribution in [1.82, 2.24) is 10.3 Å². The molecule has 0 fully saturated rings. The third kappa shape index (κ3) is 6.95.